The van der Waals surface area contributed by atoms with Crippen LogP contribution in [0, 0.1) is 34.5 Å². The van der Waals surface area contributed by atoms with Crippen LogP contribution in [-0.2, 0) is 9.47 Å². The van der Waals surface area contributed by atoms with Gasteiger partial charge in [-0.2, -0.15) is 0 Å². The molecule has 0 heterocycles. The number of hydrogen-bond acceptors (Lipinski definition) is 2. The Labute approximate surface area is 300 Å². The van der Waals surface area contributed by atoms with Crippen LogP contribution in [0.2, 0.25) is 0 Å². The maximum atomic E-state index is 6.37. The number of hydrogen-bond donors (Lipinski definition) is 0. The number of rotatable bonds is 22. The zero-order chi connectivity index (χ0) is 33.3. The van der Waals surface area contributed by atoms with Crippen molar-refractivity contribution in [2.24, 2.45) is 34.5 Å². The predicted octanol–water partition coefficient (Wildman–Crippen LogP) is 14.6. The molecule has 5 rings (SSSR count). The SMILES string of the molecule is CCCCCCCCCCOC1CCC(C2CCC3(CC2)CC2(CCC(C4CCC(OCCCCCCCCCC)CC4)CC2)C3)CC1. The lowest BCUT2D eigenvalue weighted by Crippen LogP contribution is -2.50. The van der Waals surface area contributed by atoms with E-state index in [9.17, 15) is 0 Å². The molecule has 2 nitrogen and oxygen atoms in total. The van der Waals surface area contributed by atoms with Crippen LogP contribution in [0.4, 0.5) is 0 Å². The topological polar surface area (TPSA) is 18.5 Å². The first-order chi connectivity index (χ1) is 23.6. The molecule has 48 heavy (non-hydrogen) atoms. The molecule has 0 bridgehead atoms. The summed E-state index contributed by atoms with van der Waals surface area (Å²) in [4.78, 5) is 0. The Hall–Kier alpha value is -0.0800. The van der Waals surface area contributed by atoms with Crippen LogP contribution < -0.4 is 0 Å². The predicted molar refractivity (Wildman–Crippen MR) is 207 cm³/mol. The van der Waals surface area contributed by atoms with Gasteiger partial charge in [-0.05, 0) is 163 Å². The highest BCUT2D eigenvalue weighted by Crippen LogP contribution is 2.67. The highest BCUT2D eigenvalue weighted by atomic mass is 16.5. The summed E-state index contributed by atoms with van der Waals surface area (Å²) in [6, 6.07) is 0. The average Bonchev–Trinajstić information content (AvgIpc) is 3.11. The van der Waals surface area contributed by atoms with Crippen LogP contribution in [0.1, 0.15) is 232 Å². The lowest BCUT2D eigenvalue weighted by atomic mass is 9.43. The van der Waals surface area contributed by atoms with E-state index in [1.54, 1.807) is 64.2 Å². The summed E-state index contributed by atoms with van der Waals surface area (Å²) in [6.45, 7) is 6.66. The summed E-state index contributed by atoms with van der Waals surface area (Å²) in [7, 11) is 0. The van der Waals surface area contributed by atoms with E-state index in [1.165, 1.54) is 154 Å². The third kappa shape index (κ3) is 12.6. The quantitative estimate of drug-likeness (QED) is 0.107. The smallest absolute Gasteiger partial charge is 0.0575 e. The summed E-state index contributed by atoms with van der Waals surface area (Å²) in [5, 5.41) is 0. The Bertz CT molecular complexity index is 728. The van der Waals surface area contributed by atoms with Crippen LogP contribution in [-0.4, -0.2) is 25.4 Å². The molecule has 0 atom stereocenters. The minimum absolute atomic E-state index is 0.579. The van der Waals surface area contributed by atoms with Crippen LogP contribution in [0.25, 0.3) is 0 Å². The van der Waals surface area contributed by atoms with Gasteiger partial charge in [0.05, 0.1) is 12.2 Å². The van der Waals surface area contributed by atoms with Crippen LogP contribution in [0.15, 0.2) is 0 Å². The molecule has 0 unspecified atom stereocenters. The maximum absolute atomic E-state index is 6.37. The Morgan fingerprint density at radius 2 is 0.646 bits per heavy atom. The molecule has 2 heteroatoms. The van der Waals surface area contributed by atoms with Crippen LogP contribution >= 0.6 is 0 Å². The minimum Gasteiger partial charge on any atom is -0.378 e. The fraction of sp³-hybridized carbons (Fsp3) is 1.00. The third-order valence-corrected chi connectivity index (χ3v) is 15.2. The molecule has 5 saturated carbocycles. The van der Waals surface area contributed by atoms with Crippen LogP contribution in [0.5, 0.6) is 0 Å². The van der Waals surface area contributed by atoms with Crippen molar-refractivity contribution in [3.63, 3.8) is 0 Å². The Morgan fingerprint density at radius 1 is 0.354 bits per heavy atom. The van der Waals surface area contributed by atoms with Gasteiger partial charge in [0.25, 0.3) is 0 Å². The second-order valence-corrected chi connectivity index (χ2v) is 18.8. The van der Waals surface area contributed by atoms with E-state index in [4.69, 9.17) is 9.47 Å². The lowest BCUT2D eigenvalue weighted by molar-refractivity contribution is -0.111. The lowest BCUT2D eigenvalue weighted by Gasteiger charge is -2.62. The molecule has 0 saturated heterocycles. The molecule has 0 aromatic rings. The van der Waals surface area contributed by atoms with Crippen molar-refractivity contribution in [2.45, 2.75) is 244 Å². The monoisotopic (exact) mass is 669 g/mol. The van der Waals surface area contributed by atoms with Crippen molar-refractivity contribution in [1.29, 1.82) is 0 Å². The first kappa shape index (κ1) is 39.1. The highest BCUT2D eigenvalue weighted by Gasteiger charge is 2.56. The van der Waals surface area contributed by atoms with E-state index in [-0.39, 0.29) is 0 Å². The summed E-state index contributed by atoms with van der Waals surface area (Å²) in [6.07, 6.45) is 50.5. The fourth-order valence-electron chi connectivity index (χ4n) is 12.1. The summed E-state index contributed by atoms with van der Waals surface area (Å²) in [5.41, 5.74) is 1.54. The molecule has 280 valence electrons. The van der Waals surface area contributed by atoms with Gasteiger partial charge in [-0.15, -0.1) is 0 Å². The van der Waals surface area contributed by atoms with E-state index >= 15 is 0 Å². The molecule has 0 aromatic heterocycles. The molecular formula is C46H84O2. The van der Waals surface area contributed by atoms with Crippen molar-refractivity contribution in [3.05, 3.63) is 0 Å². The van der Waals surface area contributed by atoms with Crippen molar-refractivity contribution < 1.29 is 9.47 Å². The summed E-state index contributed by atoms with van der Waals surface area (Å²) in [5.74, 6) is 4.10. The van der Waals surface area contributed by atoms with Crippen molar-refractivity contribution in [3.8, 4) is 0 Å². The number of unbranched alkanes of at least 4 members (excludes halogenated alkanes) is 14. The zero-order valence-electron chi connectivity index (χ0n) is 32.7. The maximum Gasteiger partial charge on any atom is 0.0575 e. The second-order valence-electron chi connectivity index (χ2n) is 18.8. The summed E-state index contributed by atoms with van der Waals surface area (Å²) < 4.78 is 12.7. The van der Waals surface area contributed by atoms with Gasteiger partial charge in [0, 0.05) is 13.2 Å². The van der Waals surface area contributed by atoms with Crippen molar-refractivity contribution >= 4 is 0 Å². The van der Waals surface area contributed by atoms with Gasteiger partial charge in [-0.3, -0.25) is 0 Å². The summed E-state index contributed by atoms with van der Waals surface area (Å²) >= 11 is 0. The van der Waals surface area contributed by atoms with E-state index in [1.807, 2.05) is 0 Å². The first-order valence-corrected chi connectivity index (χ1v) is 22.9. The van der Waals surface area contributed by atoms with E-state index < -0.39 is 0 Å². The van der Waals surface area contributed by atoms with Gasteiger partial charge in [0.2, 0.25) is 0 Å². The first-order valence-electron chi connectivity index (χ1n) is 22.9. The normalized spacial score (nSPS) is 35.6. The number of ether oxygens (including phenoxy) is 2. The van der Waals surface area contributed by atoms with E-state index in [2.05, 4.69) is 13.8 Å². The third-order valence-electron chi connectivity index (χ3n) is 15.2. The highest BCUT2D eigenvalue weighted by molar-refractivity contribution is 5.07. The molecule has 0 aliphatic heterocycles. The van der Waals surface area contributed by atoms with Crippen LogP contribution in [0.3, 0.4) is 0 Å². The average molecular weight is 669 g/mol. The van der Waals surface area contributed by atoms with Gasteiger partial charge in [0.1, 0.15) is 0 Å². The molecule has 0 N–H and O–H groups in total. The molecule has 0 radical (unpaired) electrons. The van der Waals surface area contributed by atoms with Crippen molar-refractivity contribution in [2.75, 3.05) is 13.2 Å². The molecule has 5 aliphatic carbocycles. The largest absolute Gasteiger partial charge is 0.378 e. The Morgan fingerprint density at radius 3 is 0.979 bits per heavy atom. The minimum atomic E-state index is 0.579. The van der Waals surface area contributed by atoms with Gasteiger partial charge in [-0.25, -0.2) is 0 Å². The molecule has 5 aliphatic rings. The molecule has 0 aromatic carbocycles. The van der Waals surface area contributed by atoms with E-state index in [0.717, 1.165) is 47.7 Å². The molecule has 2 spiro atoms. The van der Waals surface area contributed by atoms with Gasteiger partial charge in [0.15, 0.2) is 0 Å². The standard InChI is InChI=1S/C46H84O2/c1-3-5-7-9-11-13-15-17-35-47-43-23-19-39(20-24-43)41-27-31-45(32-28-41)37-46(38-45)33-29-42(30-34-46)40-21-25-44(26-22-40)48-36-18-16-14-12-10-8-6-4-2/h39-44H,3-38H2,1-2H3. The fourth-order valence-corrected chi connectivity index (χ4v) is 12.1. The van der Waals surface area contributed by atoms with Gasteiger partial charge >= 0.3 is 0 Å². The second kappa shape index (κ2) is 21.4. The Kier molecular flexibility index (Phi) is 17.5. The van der Waals surface area contributed by atoms with Gasteiger partial charge < -0.3 is 9.47 Å². The molecule has 5 fully saturated rings. The Balaban J connectivity index is 0.860. The van der Waals surface area contributed by atoms with Crippen molar-refractivity contribution in [1.82, 2.24) is 0 Å². The molecular weight excluding hydrogens is 585 g/mol. The zero-order valence-corrected chi connectivity index (χ0v) is 32.7. The van der Waals surface area contributed by atoms with Gasteiger partial charge in [-0.1, -0.05) is 104 Å². The molecule has 0 amide bonds. The van der Waals surface area contributed by atoms with E-state index in [0.29, 0.717) is 12.2 Å².